The van der Waals surface area contributed by atoms with E-state index >= 15 is 0 Å². The van der Waals surface area contributed by atoms with Crippen molar-refractivity contribution in [1.82, 2.24) is 9.80 Å². The van der Waals surface area contributed by atoms with E-state index in [0.29, 0.717) is 0 Å². The first-order valence-electron chi connectivity index (χ1n) is 7.35. The van der Waals surface area contributed by atoms with Gasteiger partial charge in [-0.2, -0.15) is 0 Å². The molecule has 8 nitrogen and oxygen atoms in total. The SMILES string of the molecule is CN(C)C(O)COC(=O)c1ccc(C(=O)OCC(O)N(C)C)cc1. The van der Waals surface area contributed by atoms with Crippen LogP contribution in [0.4, 0.5) is 0 Å². The third-order valence-electron chi connectivity index (χ3n) is 3.28. The molecule has 0 fully saturated rings. The summed E-state index contributed by atoms with van der Waals surface area (Å²) in [5, 5.41) is 19.1. The Hall–Kier alpha value is -2.00. The zero-order valence-electron chi connectivity index (χ0n) is 14.3. The number of nitrogens with zero attached hydrogens (tertiary/aromatic N) is 2. The number of ether oxygens (including phenoxy) is 2. The third kappa shape index (κ3) is 6.25. The summed E-state index contributed by atoms with van der Waals surface area (Å²) in [4.78, 5) is 26.7. The van der Waals surface area contributed by atoms with Crippen LogP contribution >= 0.6 is 0 Å². The lowest BCUT2D eigenvalue weighted by atomic mass is 10.1. The Labute approximate surface area is 141 Å². The van der Waals surface area contributed by atoms with E-state index in [9.17, 15) is 19.8 Å². The minimum absolute atomic E-state index is 0.155. The van der Waals surface area contributed by atoms with Crippen LogP contribution in [0.25, 0.3) is 0 Å². The Bertz CT molecular complexity index is 495. The zero-order valence-corrected chi connectivity index (χ0v) is 14.3. The van der Waals surface area contributed by atoms with Crippen LogP contribution in [-0.2, 0) is 9.47 Å². The number of carbonyl (C=O) groups excluding carboxylic acids is 2. The van der Waals surface area contributed by atoms with Gasteiger partial charge in [0, 0.05) is 0 Å². The topological polar surface area (TPSA) is 99.5 Å². The van der Waals surface area contributed by atoms with Crippen molar-refractivity contribution in [1.29, 1.82) is 0 Å². The molecule has 2 N–H and O–H groups in total. The molecule has 0 heterocycles. The lowest BCUT2D eigenvalue weighted by Crippen LogP contribution is -2.33. The van der Waals surface area contributed by atoms with Crippen molar-refractivity contribution in [2.24, 2.45) is 0 Å². The Morgan fingerprint density at radius 3 is 1.38 bits per heavy atom. The molecule has 134 valence electrons. The van der Waals surface area contributed by atoms with Crippen molar-refractivity contribution in [2.75, 3.05) is 41.4 Å². The Kier molecular flexibility index (Phi) is 7.80. The maximum absolute atomic E-state index is 11.8. The monoisotopic (exact) mass is 340 g/mol. The fourth-order valence-electron chi connectivity index (χ4n) is 1.51. The fourth-order valence-corrected chi connectivity index (χ4v) is 1.51. The highest BCUT2D eigenvalue weighted by Gasteiger charge is 2.15. The molecule has 24 heavy (non-hydrogen) atoms. The van der Waals surface area contributed by atoms with Crippen LogP contribution in [0.2, 0.25) is 0 Å². The second-order valence-electron chi connectivity index (χ2n) is 5.66. The highest BCUT2D eigenvalue weighted by molar-refractivity contribution is 5.93. The van der Waals surface area contributed by atoms with E-state index in [0.717, 1.165) is 0 Å². The van der Waals surface area contributed by atoms with Crippen molar-refractivity contribution in [3.05, 3.63) is 35.4 Å². The summed E-state index contributed by atoms with van der Waals surface area (Å²) in [6.07, 6.45) is -1.77. The summed E-state index contributed by atoms with van der Waals surface area (Å²) in [6.45, 7) is -0.309. The molecule has 0 radical (unpaired) electrons. The number of hydrogen-bond donors (Lipinski definition) is 2. The van der Waals surface area contributed by atoms with Gasteiger partial charge in [-0.15, -0.1) is 0 Å². The number of likely N-dealkylation sites (N-methyl/N-ethyl adjacent to an activating group) is 2. The average Bonchev–Trinajstić information content (AvgIpc) is 2.56. The first kappa shape index (κ1) is 20.0. The normalized spacial score (nSPS) is 13.7. The van der Waals surface area contributed by atoms with E-state index in [1.807, 2.05) is 0 Å². The molecular formula is C16H24N2O6. The van der Waals surface area contributed by atoms with Gasteiger partial charge in [-0.3, -0.25) is 9.80 Å². The molecule has 0 aliphatic carbocycles. The minimum atomic E-state index is -0.883. The first-order valence-corrected chi connectivity index (χ1v) is 7.35. The number of carbonyl (C=O) groups is 2. The van der Waals surface area contributed by atoms with Crippen LogP contribution in [-0.4, -0.2) is 85.8 Å². The molecule has 1 aromatic rings. The van der Waals surface area contributed by atoms with Crippen LogP contribution in [0.1, 0.15) is 20.7 Å². The Morgan fingerprint density at radius 2 is 1.12 bits per heavy atom. The van der Waals surface area contributed by atoms with Crippen LogP contribution in [0.5, 0.6) is 0 Å². The fraction of sp³-hybridized carbons (Fsp3) is 0.500. The largest absolute Gasteiger partial charge is 0.458 e. The van der Waals surface area contributed by atoms with E-state index in [2.05, 4.69) is 0 Å². The maximum Gasteiger partial charge on any atom is 0.338 e. The predicted molar refractivity (Wildman–Crippen MR) is 86.4 cm³/mol. The maximum atomic E-state index is 11.8. The molecule has 0 amide bonds. The van der Waals surface area contributed by atoms with Crippen molar-refractivity contribution in [3.63, 3.8) is 0 Å². The van der Waals surface area contributed by atoms with Gasteiger partial charge in [-0.05, 0) is 52.5 Å². The number of hydrogen-bond acceptors (Lipinski definition) is 8. The summed E-state index contributed by atoms with van der Waals surface area (Å²) in [5.41, 5.74) is 0.511. The molecule has 8 heteroatoms. The number of esters is 2. The summed E-state index contributed by atoms with van der Waals surface area (Å²) >= 11 is 0. The molecule has 2 unspecified atom stereocenters. The molecule has 0 aliphatic heterocycles. The molecule has 0 aliphatic rings. The minimum Gasteiger partial charge on any atom is -0.458 e. The molecule has 0 spiro atoms. The van der Waals surface area contributed by atoms with Crippen molar-refractivity contribution >= 4 is 11.9 Å². The van der Waals surface area contributed by atoms with Gasteiger partial charge >= 0.3 is 11.9 Å². The summed E-state index contributed by atoms with van der Waals surface area (Å²) in [7, 11) is 6.64. The summed E-state index contributed by atoms with van der Waals surface area (Å²) < 4.78 is 9.94. The highest BCUT2D eigenvalue weighted by Crippen LogP contribution is 2.08. The molecule has 1 aromatic carbocycles. The third-order valence-corrected chi connectivity index (χ3v) is 3.28. The average molecular weight is 340 g/mol. The molecule has 0 bridgehead atoms. The van der Waals surface area contributed by atoms with Gasteiger partial charge in [0.2, 0.25) is 0 Å². The standard InChI is InChI=1S/C16H24N2O6/c1-17(2)13(19)9-23-15(21)11-5-7-12(8-6-11)16(22)24-10-14(20)18(3)4/h5-8,13-14,19-20H,9-10H2,1-4H3. The number of rotatable bonds is 8. The first-order chi connectivity index (χ1) is 11.2. The summed E-state index contributed by atoms with van der Waals surface area (Å²) in [5.74, 6) is -1.20. The number of aliphatic hydroxyl groups excluding tert-OH is 2. The van der Waals surface area contributed by atoms with Gasteiger partial charge < -0.3 is 19.7 Å². The molecule has 2 atom stereocenters. The number of aliphatic hydroxyl groups is 2. The smallest absolute Gasteiger partial charge is 0.338 e. The van der Waals surface area contributed by atoms with Crippen molar-refractivity contribution in [3.8, 4) is 0 Å². The van der Waals surface area contributed by atoms with E-state index in [1.165, 1.54) is 34.1 Å². The zero-order chi connectivity index (χ0) is 18.3. The van der Waals surface area contributed by atoms with E-state index in [-0.39, 0.29) is 24.3 Å². The van der Waals surface area contributed by atoms with Crippen LogP contribution < -0.4 is 0 Å². The summed E-state index contributed by atoms with van der Waals surface area (Å²) in [6, 6.07) is 5.74. The molecule has 0 saturated carbocycles. The van der Waals surface area contributed by atoms with Gasteiger partial charge in [0.15, 0.2) is 0 Å². The van der Waals surface area contributed by atoms with Gasteiger partial charge in [0.1, 0.15) is 25.7 Å². The second kappa shape index (κ2) is 9.33. The second-order valence-corrected chi connectivity index (χ2v) is 5.66. The molecule has 0 aromatic heterocycles. The van der Waals surface area contributed by atoms with Crippen LogP contribution in [0.3, 0.4) is 0 Å². The Balaban J connectivity index is 2.55. The molecular weight excluding hydrogens is 316 g/mol. The molecule has 1 rings (SSSR count). The van der Waals surface area contributed by atoms with Gasteiger partial charge in [-0.1, -0.05) is 0 Å². The van der Waals surface area contributed by atoms with Crippen LogP contribution in [0, 0.1) is 0 Å². The van der Waals surface area contributed by atoms with Crippen molar-refractivity contribution < 1.29 is 29.3 Å². The molecule has 0 saturated heterocycles. The van der Waals surface area contributed by atoms with E-state index in [1.54, 1.807) is 28.2 Å². The van der Waals surface area contributed by atoms with E-state index < -0.39 is 24.4 Å². The quantitative estimate of drug-likeness (QED) is 0.494. The Morgan fingerprint density at radius 1 is 0.833 bits per heavy atom. The van der Waals surface area contributed by atoms with E-state index in [4.69, 9.17) is 9.47 Å². The van der Waals surface area contributed by atoms with Crippen molar-refractivity contribution in [2.45, 2.75) is 12.5 Å². The van der Waals surface area contributed by atoms with Crippen LogP contribution in [0.15, 0.2) is 24.3 Å². The van der Waals surface area contributed by atoms with Gasteiger partial charge in [0.05, 0.1) is 11.1 Å². The van der Waals surface area contributed by atoms with Gasteiger partial charge in [0.25, 0.3) is 0 Å². The lowest BCUT2D eigenvalue weighted by molar-refractivity contribution is -0.0246. The van der Waals surface area contributed by atoms with Gasteiger partial charge in [-0.25, -0.2) is 9.59 Å². The highest BCUT2D eigenvalue weighted by atomic mass is 16.5. The number of benzene rings is 1. The lowest BCUT2D eigenvalue weighted by Gasteiger charge is -2.18. The predicted octanol–water partition coefficient (Wildman–Crippen LogP) is -0.240.